The maximum atomic E-state index is 4.69. The molecule has 2 heteroatoms. The lowest BCUT2D eigenvalue weighted by molar-refractivity contribution is 1.54. The van der Waals surface area contributed by atoms with Crippen molar-refractivity contribution < 1.29 is 0 Å². The smallest absolute Gasteiger partial charge is 0.0847 e. The molecular weight excluding hydrogens is 322 g/mol. The minimum atomic E-state index is 1.04. The Balaban J connectivity index is 1.57. The Bertz CT molecular complexity index is 1110. The molecule has 0 bridgehead atoms. The molecule has 25 heavy (non-hydrogen) atoms. The second-order valence-electron chi connectivity index (χ2n) is 6.20. The van der Waals surface area contributed by atoms with Gasteiger partial charge in [0.1, 0.15) is 0 Å². The van der Waals surface area contributed by atoms with Gasteiger partial charge in [-0.15, -0.1) is 0 Å². The third-order valence-corrected chi connectivity index (χ3v) is 5.43. The molecule has 0 amide bonds. The predicted octanol–water partition coefficient (Wildman–Crippen LogP) is 6.78. The van der Waals surface area contributed by atoms with Crippen LogP contribution in [0.15, 0.2) is 91.0 Å². The summed E-state index contributed by atoms with van der Waals surface area (Å²) in [6.07, 6.45) is 0. The van der Waals surface area contributed by atoms with Gasteiger partial charge in [0, 0.05) is 5.56 Å². The van der Waals surface area contributed by atoms with Crippen molar-refractivity contribution in [3.05, 3.63) is 91.0 Å². The van der Waals surface area contributed by atoms with Crippen molar-refractivity contribution in [2.75, 3.05) is 0 Å². The van der Waals surface area contributed by atoms with Crippen LogP contribution in [0.4, 0.5) is 0 Å². The van der Waals surface area contributed by atoms with Gasteiger partial charge in [0.2, 0.25) is 0 Å². The highest BCUT2D eigenvalue weighted by molar-refractivity contribution is 7.09. The molecule has 0 fully saturated rings. The first-order valence-electron chi connectivity index (χ1n) is 8.32. The van der Waals surface area contributed by atoms with Gasteiger partial charge < -0.3 is 0 Å². The van der Waals surface area contributed by atoms with Crippen molar-refractivity contribution in [1.29, 1.82) is 0 Å². The van der Waals surface area contributed by atoms with Gasteiger partial charge in [0.15, 0.2) is 0 Å². The number of nitrogens with zero attached hydrogens (tertiary/aromatic N) is 1. The third-order valence-electron chi connectivity index (χ3n) is 4.59. The highest BCUT2D eigenvalue weighted by Crippen LogP contribution is 2.32. The summed E-state index contributed by atoms with van der Waals surface area (Å²) in [7, 11) is 0. The zero-order valence-electron chi connectivity index (χ0n) is 13.5. The molecule has 1 nitrogen and oxygen atoms in total. The predicted molar refractivity (Wildman–Crippen MR) is 108 cm³/mol. The highest BCUT2D eigenvalue weighted by atomic mass is 32.1. The Morgan fingerprint density at radius 3 is 1.76 bits per heavy atom. The van der Waals surface area contributed by atoms with E-state index >= 15 is 0 Å². The van der Waals surface area contributed by atoms with Gasteiger partial charge in [-0.3, -0.25) is 0 Å². The zero-order valence-corrected chi connectivity index (χ0v) is 14.3. The third kappa shape index (κ3) is 2.61. The fourth-order valence-electron chi connectivity index (χ4n) is 3.24. The van der Waals surface area contributed by atoms with Crippen molar-refractivity contribution in [2.45, 2.75) is 0 Å². The molecule has 5 aromatic rings. The molecule has 1 heterocycles. The molecule has 0 radical (unpaired) electrons. The molecule has 118 valence electrons. The standard InChI is InChI=1S/C23H15NS/c1-3-7-18-13-20(11-9-16(18)5-1)22-15-23(25-24-22)21-12-10-17-6-2-4-8-19(17)14-21/h1-15H. The van der Waals surface area contributed by atoms with Gasteiger partial charge in [-0.2, -0.15) is 4.37 Å². The fraction of sp³-hybridized carbons (Fsp3) is 0. The number of rotatable bonds is 2. The molecule has 0 spiro atoms. The van der Waals surface area contributed by atoms with E-state index in [4.69, 9.17) is 4.37 Å². The Kier molecular flexibility index (Phi) is 3.36. The maximum Gasteiger partial charge on any atom is 0.0847 e. The first-order chi connectivity index (χ1) is 12.4. The summed E-state index contributed by atoms with van der Waals surface area (Å²) in [6.45, 7) is 0. The van der Waals surface area contributed by atoms with Crippen molar-refractivity contribution in [3.63, 3.8) is 0 Å². The van der Waals surface area contributed by atoms with Gasteiger partial charge in [0.05, 0.1) is 10.6 Å². The first-order valence-corrected chi connectivity index (χ1v) is 9.09. The Labute approximate surface area is 150 Å². The van der Waals surface area contributed by atoms with Crippen LogP contribution in [0, 0.1) is 0 Å². The summed E-state index contributed by atoms with van der Waals surface area (Å²) in [6, 6.07) is 32.2. The number of fused-ring (bicyclic) bond motifs is 2. The molecule has 4 aromatic carbocycles. The number of aromatic nitrogens is 1. The summed E-state index contributed by atoms with van der Waals surface area (Å²) in [5, 5.41) is 5.04. The van der Waals surface area contributed by atoms with E-state index in [0.717, 1.165) is 5.69 Å². The van der Waals surface area contributed by atoms with E-state index in [1.807, 2.05) is 0 Å². The second-order valence-corrected chi connectivity index (χ2v) is 7.01. The first kappa shape index (κ1) is 14.4. The van der Waals surface area contributed by atoms with Crippen LogP contribution in [-0.4, -0.2) is 4.37 Å². The minimum absolute atomic E-state index is 1.04. The topological polar surface area (TPSA) is 12.9 Å². The Morgan fingerprint density at radius 2 is 1.08 bits per heavy atom. The van der Waals surface area contributed by atoms with Crippen LogP contribution in [0.5, 0.6) is 0 Å². The van der Waals surface area contributed by atoms with E-state index in [1.54, 1.807) is 11.5 Å². The van der Waals surface area contributed by atoms with Crippen LogP contribution < -0.4 is 0 Å². The molecule has 1 aromatic heterocycles. The summed E-state index contributed by atoms with van der Waals surface area (Å²) >= 11 is 1.56. The van der Waals surface area contributed by atoms with E-state index in [9.17, 15) is 0 Å². The molecule has 0 aliphatic rings. The van der Waals surface area contributed by atoms with Crippen molar-refractivity contribution >= 4 is 33.1 Å². The Hall–Kier alpha value is -2.97. The average Bonchev–Trinajstić information content (AvgIpc) is 3.17. The van der Waals surface area contributed by atoms with Crippen LogP contribution in [0.1, 0.15) is 0 Å². The minimum Gasteiger partial charge on any atom is -0.192 e. The largest absolute Gasteiger partial charge is 0.192 e. The van der Waals surface area contributed by atoms with E-state index in [1.165, 1.54) is 37.5 Å². The molecule has 5 rings (SSSR count). The van der Waals surface area contributed by atoms with Gasteiger partial charge in [-0.05, 0) is 56.8 Å². The van der Waals surface area contributed by atoms with Crippen LogP contribution >= 0.6 is 11.5 Å². The summed E-state index contributed by atoms with van der Waals surface area (Å²) in [5.41, 5.74) is 3.43. The van der Waals surface area contributed by atoms with Gasteiger partial charge in [0.25, 0.3) is 0 Å². The van der Waals surface area contributed by atoms with Crippen LogP contribution in [0.25, 0.3) is 43.2 Å². The molecule has 0 aliphatic heterocycles. The monoisotopic (exact) mass is 337 g/mol. The second kappa shape index (κ2) is 5.83. The highest BCUT2D eigenvalue weighted by Gasteiger charge is 2.08. The molecule has 0 aliphatic carbocycles. The lowest BCUT2D eigenvalue weighted by Crippen LogP contribution is -1.78. The van der Waals surface area contributed by atoms with Crippen LogP contribution in [0.3, 0.4) is 0 Å². The lowest BCUT2D eigenvalue weighted by atomic mass is 10.0. The molecule has 0 atom stereocenters. The molecule has 0 saturated carbocycles. The number of hydrogen-bond acceptors (Lipinski definition) is 2. The normalized spacial score (nSPS) is 11.2. The Morgan fingerprint density at radius 1 is 0.520 bits per heavy atom. The van der Waals surface area contributed by atoms with Crippen molar-refractivity contribution in [3.8, 4) is 21.7 Å². The lowest BCUT2D eigenvalue weighted by Gasteiger charge is -2.01. The van der Waals surface area contributed by atoms with Crippen LogP contribution in [-0.2, 0) is 0 Å². The molecule has 0 unspecified atom stereocenters. The summed E-state index contributed by atoms with van der Waals surface area (Å²) in [4.78, 5) is 1.20. The maximum absolute atomic E-state index is 4.69. The summed E-state index contributed by atoms with van der Waals surface area (Å²) < 4.78 is 4.69. The molecule has 0 N–H and O–H groups in total. The van der Waals surface area contributed by atoms with Crippen molar-refractivity contribution in [1.82, 2.24) is 4.37 Å². The van der Waals surface area contributed by atoms with E-state index in [0.29, 0.717) is 0 Å². The SMILES string of the molecule is c1ccc2cc(-c3cc(-c4ccc5ccccc5c4)sn3)ccc2c1. The quantitative estimate of drug-likeness (QED) is 0.346. The van der Waals surface area contributed by atoms with Gasteiger partial charge in [-0.25, -0.2) is 0 Å². The van der Waals surface area contributed by atoms with Crippen molar-refractivity contribution in [2.24, 2.45) is 0 Å². The molecule has 0 saturated heterocycles. The van der Waals surface area contributed by atoms with E-state index < -0.39 is 0 Å². The van der Waals surface area contributed by atoms with Gasteiger partial charge in [-0.1, -0.05) is 72.8 Å². The van der Waals surface area contributed by atoms with Gasteiger partial charge >= 0.3 is 0 Å². The molecular formula is C23H15NS. The fourth-order valence-corrected chi connectivity index (χ4v) is 3.99. The van der Waals surface area contributed by atoms with E-state index in [2.05, 4.69) is 91.0 Å². The van der Waals surface area contributed by atoms with E-state index in [-0.39, 0.29) is 0 Å². The number of benzene rings is 4. The van der Waals surface area contributed by atoms with Crippen LogP contribution in [0.2, 0.25) is 0 Å². The number of hydrogen-bond donors (Lipinski definition) is 0. The zero-order chi connectivity index (χ0) is 16.6. The average molecular weight is 337 g/mol. The summed E-state index contributed by atoms with van der Waals surface area (Å²) in [5.74, 6) is 0.